The van der Waals surface area contributed by atoms with Gasteiger partial charge in [0, 0.05) is 36.6 Å². The van der Waals surface area contributed by atoms with Crippen molar-refractivity contribution < 1.29 is 19.1 Å². The van der Waals surface area contributed by atoms with Crippen molar-refractivity contribution in [3.63, 3.8) is 0 Å². The maximum absolute atomic E-state index is 13.6. The van der Waals surface area contributed by atoms with Gasteiger partial charge in [0.25, 0.3) is 0 Å². The summed E-state index contributed by atoms with van der Waals surface area (Å²) < 4.78 is 4.81. The molecule has 35 heavy (non-hydrogen) atoms. The maximum Gasteiger partial charge on any atom is 0.337 e. The van der Waals surface area contributed by atoms with Crippen LogP contribution in [-0.4, -0.2) is 52.9 Å². The minimum absolute atomic E-state index is 0. The minimum atomic E-state index is -1.11. The first-order valence-corrected chi connectivity index (χ1v) is 11.3. The molecule has 0 saturated heterocycles. The Kier molecular flexibility index (Phi) is 7.87. The molecule has 2 amide bonds. The number of hydrogen-bond donors (Lipinski definition) is 3. The number of rotatable bonds is 6. The highest BCUT2D eigenvalue weighted by Crippen LogP contribution is 2.24. The van der Waals surface area contributed by atoms with Crippen molar-refractivity contribution >= 4 is 41.1 Å². The van der Waals surface area contributed by atoms with Crippen LogP contribution in [0.2, 0.25) is 0 Å². The van der Waals surface area contributed by atoms with Gasteiger partial charge in [-0.2, -0.15) is 0 Å². The van der Waals surface area contributed by atoms with E-state index >= 15 is 0 Å². The van der Waals surface area contributed by atoms with Crippen molar-refractivity contribution in [1.82, 2.24) is 15.2 Å². The van der Waals surface area contributed by atoms with Crippen molar-refractivity contribution in [2.75, 3.05) is 13.7 Å². The van der Waals surface area contributed by atoms with Gasteiger partial charge in [-0.05, 0) is 55.2 Å². The van der Waals surface area contributed by atoms with Crippen molar-refractivity contribution in [2.45, 2.75) is 44.8 Å². The number of ether oxygens (including phenoxy) is 1. The van der Waals surface area contributed by atoms with Gasteiger partial charge in [0.2, 0.25) is 11.8 Å². The summed E-state index contributed by atoms with van der Waals surface area (Å²) in [6, 6.07) is 12.5. The van der Waals surface area contributed by atoms with Crippen LogP contribution in [-0.2, 0) is 33.7 Å². The number of halogens is 1. The molecule has 1 aliphatic rings. The van der Waals surface area contributed by atoms with Crippen LogP contribution in [0.15, 0.2) is 48.7 Å². The van der Waals surface area contributed by atoms with E-state index in [0.29, 0.717) is 31.5 Å². The van der Waals surface area contributed by atoms with E-state index in [9.17, 15) is 14.4 Å². The number of fused-ring (bicyclic) bond motifs is 2. The predicted octanol–water partition coefficient (Wildman–Crippen LogP) is 2.73. The van der Waals surface area contributed by atoms with Gasteiger partial charge in [0.15, 0.2) is 0 Å². The number of nitrogens with one attached hydrogen (secondary N) is 2. The highest BCUT2D eigenvalue weighted by molar-refractivity contribution is 5.93. The molecule has 186 valence electrons. The van der Waals surface area contributed by atoms with E-state index in [1.54, 1.807) is 24.8 Å². The lowest BCUT2D eigenvalue weighted by Crippen LogP contribution is -2.57. The second-order valence-corrected chi connectivity index (χ2v) is 9.30. The van der Waals surface area contributed by atoms with Gasteiger partial charge in [0.1, 0.15) is 6.04 Å². The van der Waals surface area contributed by atoms with Crippen LogP contribution in [0.5, 0.6) is 0 Å². The third kappa shape index (κ3) is 5.66. The van der Waals surface area contributed by atoms with Gasteiger partial charge < -0.3 is 25.7 Å². The third-order valence-electron chi connectivity index (χ3n) is 6.24. The Labute approximate surface area is 210 Å². The van der Waals surface area contributed by atoms with Crippen LogP contribution in [0.4, 0.5) is 0 Å². The van der Waals surface area contributed by atoms with E-state index < -0.39 is 11.6 Å². The van der Waals surface area contributed by atoms with E-state index in [1.807, 2.05) is 42.6 Å². The smallest absolute Gasteiger partial charge is 0.337 e. The fourth-order valence-corrected chi connectivity index (χ4v) is 4.27. The standard InChI is InChI=1S/C26H30N4O4.ClH/c1-26(2,27)25(33)29-22(13-19-14-28-21-7-5-4-6-20(19)21)23(31)30-11-10-16-12-17(24(32)34-3)8-9-18(16)15-30;/h4-9,12,14,22,28H,10-11,13,15,27H2,1-3H3,(H,29,33);1H/t22-;/m1./s1. The molecule has 0 radical (unpaired) electrons. The summed E-state index contributed by atoms with van der Waals surface area (Å²) in [6.07, 6.45) is 2.84. The van der Waals surface area contributed by atoms with Crippen molar-refractivity contribution in [3.05, 3.63) is 70.9 Å². The molecular weight excluding hydrogens is 468 g/mol. The number of methoxy groups -OCH3 is 1. The van der Waals surface area contributed by atoms with Gasteiger partial charge in [-0.15, -0.1) is 12.4 Å². The zero-order valence-corrected chi connectivity index (χ0v) is 20.9. The quantitative estimate of drug-likeness (QED) is 0.452. The van der Waals surface area contributed by atoms with Gasteiger partial charge in [-0.3, -0.25) is 9.59 Å². The fraction of sp³-hybridized carbons (Fsp3) is 0.346. The number of aromatic amines is 1. The summed E-state index contributed by atoms with van der Waals surface area (Å²) in [6.45, 7) is 4.13. The van der Waals surface area contributed by atoms with Crippen LogP contribution in [0.1, 0.15) is 40.9 Å². The number of carbonyl (C=O) groups excluding carboxylic acids is 3. The predicted molar refractivity (Wildman–Crippen MR) is 136 cm³/mol. The molecule has 0 bridgehead atoms. The van der Waals surface area contributed by atoms with Gasteiger partial charge >= 0.3 is 5.97 Å². The Bertz CT molecular complexity index is 1250. The van der Waals surface area contributed by atoms with E-state index in [0.717, 1.165) is 27.6 Å². The molecule has 0 spiro atoms. The lowest BCUT2D eigenvalue weighted by molar-refractivity contribution is -0.138. The molecule has 9 heteroatoms. The summed E-state index contributed by atoms with van der Waals surface area (Å²) in [7, 11) is 1.35. The lowest BCUT2D eigenvalue weighted by atomic mass is 9.95. The monoisotopic (exact) mass is 498 g/mol. The molecule has 0 saturated carbocycles. The van der Waals surface area contributed by atoms with Gasteiger partial charge in [0.05, 0.1) is 18.2 Å². The van der Waals surface area contributed by atoms with Gasteiger partial charge in [-0.1, -0.05) is 24.3 Å². The Balaban J connectivity index is 0.00000342. The maximum atomic E-state index is 13.6. The van der Waals surface area contributed by atoms with Crippen LogP contribution >= 0.6 is 12.4 Å². The Morgan fingerprint density at radius 3 is 2.63 bits per heavy atom. The lowest BCUT2D eigenvalue weighted by Gasteiger charge is -2.33. The number of aromatic nitrogens is 1. The van der Waals surface area contributed by atoms with Crippen molar-refractivity contribution in [1.29, 1.82) is 0 Å². The first-order valence-electron chi connectivity index (χ1n) is 11.3. The Hall–Kier alpha value is -3.36. The molecule has 4 rings (SSSR count). The molecule has 0 fully saturated rings. The topological polar surface area (TPSA) is 118 Å². The summed E-state index contributed by atoms with van der Waals surface area (Å²) in [5, 5.41) is 3.90. The average molecular weight is 499 g/mol. The fourth-order valence-electron chi connectivity index (χ4n) is 4.27. The van der Waals surface area contributed by atoms with Gasteiger partial charge in [-0.25, -0.2) is 4.79 Å². The Morgan fingerprint density at radius 1 is 1.17 bits per heavy atom. The molecule has 0 aliphatic carbocycles. The summed E-state index contributed by atoms with van der Waals surface area (Å²) in [5.74, 6) is -0.927. The largest absolute Gasteiger partial charge is 0.465 e. The molecule has 8 nitrogen and oxygen atoms in total. The number of nitrogens with zero attached hydrogens (tertiary/aromatic N) is 1. The number of amides is 2. The first kappa shape index (κ1) is 26.2. The highest BCUT2D eigenvalue weighted by Gasteiger charge is 2.32. The third-order valence-corrected chi connectivity index (χ3v) is 6.24. The molecule has 1 atom stereocenters. The molecule has 2 aromatic carbocycles. The molecule has 0 unspecified atom stereocenters. The molecular formula is C26H31ClN4O4. The molecule has 1 aliphatic heterocycles. The number of benzene rings is 2. The van der Waals surface area contributed by atoms with E-state index in [4.69, 9.17) is 10.5 Å². The number of carbonyl (C=O) groups is 3. The van der Waals surface area contributed by atoms with Crippen LogP contribution in [0, 0.1) is 0 Å². The van der Waals surface area contributed by atoms with Crippen LogP contribution < -0.4 is 11.1 Å². The van der Waals surface area contributed by atoms with Crippen LogP contribution in [0.25, 0.3) is 10.9 Å². The number of para-hydroxylation sites is 1. The normalized spacial score (nSPS) is 14.0. The first-order chi connectivity index (χ1) is 16.2. The Morgan fingerprint density at radius 2 is 1.91 bits per heavy atom. The second kappa shape index (κ2) is 10.5. The van der Waals surface area contributed by atoms with E-state index in [1.165, 1.54) is 7.11 Å². The summed E-state index contributed by atoms with van der Waals surface area (Å²) >= 11 is 0. The summed E-state index contributed by atoms with van der Waals surface area (Å²) in [5.41, 5.74) is 9.30. The highest BCUT2D eigenvalue weighted by atomic mass is 35.5. The van der Waals surface area contributed by atoms with Crippen molar-refractivity contribution in [2.24, 2.45) is 5.73 Å². The zero-order valence-electron chi connectivity index (χ0n) is 20.1. The van der Waals surface area contributed by atoms with Crippen LogP contribution in [0.3, 0.4) is 0 Å². The SMILES string of the molecule is COC(=O)c1ccc2c(c1)CCN(C(=O)[C@@H](Cc1c[nH]c3ccccc13)NC(=O)C(C)(C)N)C2.Cl. The number of esters is 1. The average Bonchev–Trinajstić information content (AvgIpc) is 3.24. The molecule has 2 heterocycles. The second-order valence-electron chi connectivity index (χ2n) is 9.30. The molecule has 4 N–H and O–H groups in total. The number of nitrogens with two attached hydrogens (primary N) is 1. The summed E-state index contributed by atoms with van der Waals surface area (Å²) in [4.78, 5) is 43.2. The molecule has 1 aromatic heterocycles. The van der Waals surface area contributed by atoms with E-state index in [-0.39, 0.29) is 30.2 Å². The zero-order chi connectivity index (χ0) is 24.5. The minimum Gasteiger partial charge on any atom is -0.465 e. The van der Waals surface area contributed by atoms with Crippen molar-refractivity contribution in [3.8, 4) is 0 Å². The molecule has 3 aromatic rings. The number of H-pyrrole nitrogens is 1. The number of hydrogen-bond acceptors (Lipinski definition) is 5. The van der Waals surface area contributed by atoms with E-state index in [2.05, 4.69) is 10.3 Å².